The van der Waals surface area contributed by atoms with Crippen molar-refractivity contribution in [3.05, 3.63) is 24.8 Å². The quantitative estimate of drug-likeness (QED) is 0.0287. The monoisotopic (exact) mass is 824 g/mol. The molecule has 0 saturated carbocycles. The third-order valence-electron chi connectivity index (χ3n) is 7.01. The van der Waals surface area contributed by atoms with Gasteiger partial charge in [0.1, 0.15) is 0 Å². The second kappa shape index (κ2) is 14.8. The summed E-state index contributed by atoms with van der Waals surface area (Å²) in [4.78, 5) is 0. The lowest BCUT2D eigenvalue weighted by Crippen LogP contribution is -2.72. The summed E-state index contributed by atoms with van der Waals surface area (Å²) in [6, 6.07) is 0. The zero-order valence-electron chi connectivity index (χ0n) is 23.1. The van der Waals surface area contributed by atoms with E-state index in [9.17, 15) is 43.9 Å². The molecule has 0 aliphatic rings. The van der Waals surface area contributed by atoms with Crippen molar-refractivity contribution in [2.75, 3.05) is 0 Å². The molecule has 0 aromatic heterocycles. The van der Waals surface area contributed by atoms with Gasteiger partial charge in [0.15, 0.2) is 7.85 Å². The molecule has 0 nitrogen and oxygen atoms in total. The topological polar surface area (TPSA) is 0 Å². The predicted octanol–water partition coefficient (Wildman–Crippen LogP) is 10.8. The fourth-order valence-corrected chi connectivity index (χ4v) is 5.77. The second-order valence-electron chi connectivity index (χ2n) is 11.3. The molecule has 236 valence electrons. The lowest BCUT2D eigenvalue weighted by atomic mass is 9.67. The van der Waals surface area contributed by atoms with Crippen molar-refractivity contribution in [2.24, 2.45) is 5.41 Å². The molecule has 0 amide bonds. The van der Waals surface area contributed by atoms with E-state index in [1.54, 1.807) is 35.6 Å². The van der Waals surface area contributed by atoms with Crippen molar-refractivity contribution in [3.8, 4) is 0 Å². The van der Waals surface area contributed by atoms with E-state index in [1.165, 1.54) is 22.6 Å². The van der Waals surface area contributed by atoms with E-state index in [0.717, 1.165) is 19.4 Å². The van der Waals surface area contributed by atoms with E-state index in [-0.39, 0.29) is 12.8 Å². The fourth-order valence-electron chi connectivity index (χ4n) is 4.11. The van der Waals surface area contributed by atoms with Crippen LogP contribution in [-0.2, 0) is 0 Å². The van der Waals surface area contributed by atoms with Crippen LogP contribution in [0.1, 0.15) is 85.0 Å². The highest BCUT2D eigenvalue weighted by molar-refractivity contribution is 14.1. The van der Waals surface area contributed by atoms with Crippen molar-refractivity contribution >= 4 is 53.0 Å². The number of halogens is 13. The normalized spacial score (nSPS) is 17.3. The van der Waals surface area contributed by atoms with Gasteiger partial charge in [0.25, 0.3) is 5.92 Å². The van der Waals surface area contributed by atoms with E-state index >= 15 is 4.39 Å². The Morgan fingerprint density at radius 1 is 0.775 bits per heavy atom. The molecule has 0 aromatic rings. The first kappa shape index (κ1) is 40.2. The van der Waals surface area contributed by atoms with Crippen molar-refractivity contribution in [3.63, 3.8) is 0 Å². The van der Waals surface area contributed by atoms with Crippen LogP contribution in [0.2, 0.25) is 0 Å². The van der Waals surface area contributed by atoms with Gasteiger partial charge in [-0.15, -0.1) is 13.2 Å². The first-order chi connectivity index (χ1) is 17.7. The minimum absolute atomic E-state index is 0.0319. The van der Waals surface area contributed by atoms with Gasteiger partial charge in [-0.3, -0.25) is 0 Å². The van der Waals surface area contributed by atoms with Crippen LogP contribution in [0.5, 0.6) is 0 Å². The first-order valence-electron chi connectivity index (χ1n) is 12.9. The zero-order chi connectivity index (χ0) is 32.0. The van der Waals surface area contributed by atoms with Crippen molar-refractivity contribution in [2.45, 2.75) is 128 Å². The minimum atomic E-state index is -7.15. The standard InChI is InChI=1S/C26H38BF11I2/c1-6-7-8-9-14-19(40)20(4,5)16-22(30,31)24(33,34)26(37,38)25(35,36)23(27,32)21(28,29)15-18(39)13-11-10-12-17(2)3/h6,18-19H,1-2,7-16,27H2,3-5H3. The number of alkyl halides is 13. The van der Waals surface area contributed by atoms with Crippen LogP contribution >= 0.6 is 45.2 Å². The van der Waals surface area contributed by atoms with Crippen molar-refractivity contribution in [1.29, 1.82) is 0 Å². The highest BCUT2D eigenvalue weighted by Crippen LogP contribution is 2.61. The molecule has 0 aromatic carbocycles. The molecule has 0 saturated heterocycles. The molecule has 14 heteroatoms. The molecule has 0 bridgehead atoms. The van der Waals surface area contributed by atoms with Crippen LogP contribution in [0, 0.1) is 5.41 Å². The molecular weight excluding hydrogens is 786 g/mol. The van der Waals surface area contributed by atoms with E-state index in [0.29, 0.717) is 38.5 Å². The van der Waals surface area contributed by atoms with Crippen LogP contribution in [0.3, 0.4) is 0 Å². The summed E-state index contributed by atoms with van der Waals surface area (Å²) in [5.41, 5.74) is -6.53. The number of unbranched alkanes of at least 4 members (excludes halogenated alkanes) is 3. The molecule has 40 heavy (non-hydrogen) atoms. The molecule has 0 aliphatic heterocycles. The molecule has 0 fully saturated rings. The minimum Gasteiger partial charge on any atom is -0.241 e. The van der Waals surface area contributed by atoms with Gasteiger partial charge in [-0.2, -0.15) is 35.1 Å². The predicted molar refractivity (Wildman–Crippen MR) is 158 cm³/mol. The Bertz CT molecular complexity index is 829. The molecule has 0 radical (unpaired) electrons. The Hall–Kier alpha value is 0.235. The average Bonchev–Trinajstić information content (AvgIpc) is 2.77. The third-order valence-corrected chi connectivity index (χ3v) is 10.4. The Morgan fingerprint density at radius 2 is 1.27 bits per heavy atom. The van der Waals surface area contributed by atoms with Gasteiger partial charge >= 0.3 is 23.7 Å². The molecule has 0 heterocycles. The molecule has 0 rings (SSSR count). The SMILES string of the molecule is BC(F)(C(F)(F)CC(I)CCCCC(=C)C)C(F)(F)C(F)(F)C(F)(F)C(F)(F)CC(C)(C)C(I)CCCCC=C. The van der Waals surface area contributed by atoms with Crippen LogP contribution in [-0.4, -0.2) is 50.9 Å². The lowest BCUT2D eigenvalue weighted by Gasteiger charge is -2.45. The molecular formula is C26H38BF11I2. The van der Waals surface area contributed by atoms with Gasteiger partial charge < -0.3 is 0 Å². The zero-order valence-corrected chi connectivity index (χ0v) is 27.4. The molecule has 0 spiro atoms. The molecule has 3 atom stereocenters. The molecule has 0 aliphatic carbocycles. The fraction of sp³-hybridized carbons (Fsp3) is 0.846. The number of hydrogen-bond acceptors (Lipinski definition) is 0. The van der Waals surface area contributed by atoms with Gasteiger partial charge in [0, 0.05) is 20.7 Å². The second-order valence-corrected chi connectivity index (χ2v) is 14.6. The maximum Gasteiger partial charge on any atom is 0.380 e. The van der Waals surface area contributed by atoms with E-state index in [1.807, 2.05) is 0 Å². The summed E-state index contributed by atoms with van der Waals surface area (Å²) in [6.07, 6.45) is 1.17. The van der Waals surface area contributed by atoms with Crippen LogP contribution in [0.25, 0.3) is 0 Å². The van der Waals surface area contributed by atoms with Gasteiger partial charge in [-0.25, -0.2) is 13.2 Å². The summed E-state index contributed by atoms with van der Waals surface area (Å²) in [5, 5.41) is 0. The van der Waals surface area contributed by atoms with Gasteiger partial charge in [-0.05, 0) is 50.9 Å². The smallest absolute Gasteiger partial charge is 0.241 e. The van der Waals surface area contributed by atoms with Gasteiger partial charge in [0.05, 0.1) is 0 Å². The summed E-state index contributed by atoms with van der Waals surface area (Å²) < 4.78 is 160. The Labute approximate surface area is 258 Å². The summed E-state index contributed by atoms with van der Waals surface area (Å²) in [5.74, 6) is -31.9. The van der Waals surface area contributed by atoms with E-state index in [2.05, 4.69) is 13.2 Å². The maximum absolute atomic E-state index is 15.0. The largest absolute Gasteiger partial charge is 0.380 e. The Balaban J connectivity index is 5.95. The molecule has 0 N–H and O–H groups in total. The van der Waals surface area contributed by atoms with Gasteiger partial charge in [0.2, 0.25) is 5.57 Å². The van der Waals surface area contributed by atoms with E-state index < -0.39 is 69.1 Å². The van der Waals surface area contributed by atoms with Crippen LogP contribution in [0.4, 0.5) is 48.3 Å². The summed E-state index contributed by atoms with van der Waals surface area (Å²) in [6.45, 7) is 11.1. The number of rotatable bonds is 20. The summed E-state index contributed by atoms with van der Waals surface area (Å²) >= 11 is 3.09. The molecule has 3 unspecified atom stereocenters. The lowest BCUT2D eigenvalue weighted by molar-refractivity contribution is -0.394. The third kappa shape index (κ3) is 9.37. The highest BCUT2D eigenvalue weighted by Gasteiger charge is 2.87. The Kier molecular flexibility index (Phi) is 14.9. The number of allylic oxidation sites excluding steroid dienone is 2. The van der Waals surface area contributed by atoms with Crippen LogP contribution in [0.15, 0.2) is 24.8 Å². The highest BCUT2D eigenvalue weighted by atomic mass is 127. The van der Waals surface area contributed by atoms with Crippen molar-refractivity contribution < 1.29 is 48.3 Å². The van der Waals surface area contributed by atoms with Gasteiger partial charge in [-0.1, -0.05) is 83.5 Å². The average molecular weight is 824 g/mol. The maximum atomic E-state index is 15.0. The summed E-state index contributed by atoms with van der Waals surface area (Å²) in [7, 11) is -0.645. The van der Waals surface area contributed by atoms with E-state index in [4.69, 9.17) is 0 Å². The number of hydrogen-bond donors (Lipinski definition) is 0. The van der Waals surface area contributed by atoms with Crippen LogP contribution < -0.4 is 0 Å². The first-order valence-corrected chi connectivity index (χ1v) is 15.4. The van der Waals surface area contributed by atoms with Crippen molar-refractivity contribution in [1.82, 2.24) is 0 Å². The Morgan fingerprint density at radius 3 is 1.75 bits per heavy atom.